The van der Waals surface area contributed by atoms with Crippen LogP contribution in [0.5, 0.6) is 0 Å². The highest BCUT2D eigenvalue weighted by Gasteiger charge is 2.30. The van der Waals surface area contributed by atoms with Crippen molar-refractivity contribution < 1.29 is 4.79 Å². The highest BCUT2D eigenvalue weighted by atomic mass is 35.5. The molecule has 2 heterocycles. The van der Waals surface area contributed by atoms with Crippen molar-refractivity contribution in [3.63, 3.8) is 0 Å². The topological polar surface area (TPSA) is 58.4 Å². The standard InChI is InChI=1S/C16H22ClN3O/c1-2-5-10-6-3-4-7-20(10)14-9-13-11(8-12(14)17)15(18)16(21)19-13/h8-10,15H,2-7,18H2,1H3,(H,19,21). The Bertz CT molecular complexity index is 559. The van der Waals surface area contributed by atoms with Crippen molar-refractivity contribution in [2.24, 2.45) is 5.73 Å². The van der Waals surface area contributed by atoms with Gasteiger partial charge in [0.25, 0.3) is 0 Å². The molecule has 2 atom stereocenters. The number of piperidine rings is 1. The van der Waals surface area contributed by atoms with Crippen molar-refractivity contribution >= 4 is 28.9 Å². The van der Waals surface area contributed by atoms with Gasteiger partial charge in [-0.3, -0.25) is 4.79 Å². The molecule has 3 N–H and O–H groups in total. The SMILES string of the molecule is CCCC1CCCCN1c1cc2c(cc1Cl)C(N)C(=O)N2. The molecule has 21 heavy (non-hydrogen) atoms. The minimum absolute atomic E-state index is 0.151. The zero-order valence-electron chi connectivity index (χ0n) is 12.4. The normalized spacial score (nSPS) is 24.9. The summed E-state index contributed by atoms with van der Waals surface area (Å²) in [7, 11) is 0. The molecule has 0 bridgehead atoms. The second-order valence-electron chi connectivity index (χ2n) is 5.99. The van der Waals surface area contributed by atoms with Gasteiger partial charge in [0, 0.05) is 23.8 Å². The molecule has 0 aromatic heterocycles. The Morgan fingerprint density at radius 1 is 1.43 bits per heavy atom. The Kier molecular flexibility index (Phi) is 4.09. The van der Waals surface area contributed by atoms with Crippen LogP contribution in [-0.4, -0.2) is 18.5 Å². The molecule has 1 amide bonds. The van der Waals surface area contributed by atoms with Gasteiger partial charge in [-0.15, -0.1) is 0 Å². The number of benzene rings is 1. The number of anilines is 2. The Morgan fingerprint density at radius 3 is 3.00 bits per heavy atom. The smallest absolute Gasteiger partial charge is 0.245 e. The minimum atomic E-state index is -0.598. The number of amides is 1. The van der Waals surface area contributed by atoms with Crippen LogP contribution in [0.25, 0.3) is 0 Å². The maximum atomic E-state index is 11.7. The molecule has 114 valence electrons. The summed E-state index contributed by atoms with van der Waals surface area (Å²) in [6.45, 7) is 3.25. The van der Waals surface area contributed by atoms with Gasteiger partial charge >= 0.3 is 0 Å². The van der Waals surface area contributed by atoms with Crippen molar-refractivity contribution in [3.8, 4) is 0 Å². The number of halogens is 1. The van der Waals surface area contributed by atoms with E-state index in [1.807, 2.05) is 12.1 Å². The van der Waals surface area contributed by atoms with E-state index in [-0.39, 0.29) is 5.91 Å². The molecule has 1 aromatic rings. The van der Waals surface area contributed by atoms with Crippen molar-refractivity contribution in [1.82, 2.24) is 0 Å². The summed E-state index contributed by atoms with van der Waals surface area (Å²) in [5.74, 6) is -0.151. The third-order valence-electron chi connectivity index (χ3n) is 4.55. The molecule has 4 nitrogen and oxygen atoms in total. The predicted molar refractivity (Wildman–Crippen MR) is 86.9 cm³/mol. The summed E-state index contributed by atoms with van der Waals surface area (Å²) in [5, 5.41) is 3.55. The molecule has 1 fully saturated rings. The number of rotatable bonds is 3. The first-order chi connectivity index (χ1) is 10.1. The van der Waals surface area contributed by atoms with Gasteiger partial charge < -0.3 is 16.0 Å². The van der Waals surface area contributed by atoms with E-state index in [1.165, 1.54) is 32.1 Å². The van der Waals surface area contributed by atoms with Gasteiger partial charge in [-0.1, -0.05) is 24.9 Å². The lowest BCUT2D eigenvalue weighted by molar-refractivity contribution is -0.116. The monoisotopic (exact) mass is 307 g/mol. The van der Waals surface area contributed by atoms with E-state index in [9.17, 15) is 4.79 Å². The lowest BCUT2D eigenvalue weighted by atomic mass is 9.97. The van der Waals surface area contributed by atoms with Crippen LogP contribution in [0.2, 0.25) is 5.02 Å². The Balaban J connectivity index is 1.95. The third kappa shape index (κ3) is 2.62. The lowest BCUT2D eigenvalue weighted by Gasteiger charge is -2.38. The van der Waals surface area contributed by atoms with E-state index in [0.717, 1.165) is 23.5 Å². The average Bonchev–Trinajstić information content (AvgIpc) is 2.75. The van der Waals surface area contributed by atoms with Crippen molar-refractivity contribution in [3.05, 3.63) is 22.7 Å². The zero-order chi connectivity index (χ0) is 15.0. The van der Waals surface area contributed by atoms with Gasteiger partial charge in [-0.25, -0.2) is 0 Å². The highest BCUT2D eigenvalue weighted by molar-refractivity contribution is 6.33. The van der Waals surface area contributed by atoms with E-state index < -0.39 is 6.04 Å². The number of hydrogen-bond donors (Lipinski definition) is 2. The average molecular weight is 308 g/mol. The summed E-state index contributed by atoms with van der Waals surface area (Å²) < 4.78 is 0. The van der Waals surface area contributed by atoms with Crippen LogP contribution in [0.1, 0.15) is 50.6 Å². The third-order valence-corrected chi connectivity index (χ3v) is 4.86. The molecule has 0 aliphatic carbocycles. The molecule has 5 heteroatoms. The minimum Gasteiger partial charge on any atom is -0.367 e. The fourth-order valence-corrected chi connectivity index (χ4v) is 3.75. The molecular formula is C16H22ClN3O. The Hall–Kier alpha value is -1.26. The Labute approximate surface area is 130 Å². The van der Waals surface area contributed by atoms with Gasteiger partial charge in [0.15, 0.2) is 0 Å². The summed E-state index contributed by atoms with van der Waals surface area (Å²) in [4.78, 5) is 14.1. The fraction of sp³-hybridized carbons (Fsp3) is 0.562. The van der Waals surface area contributed by atoms with Crippen LogP contribution in [-0.2, 0) is 4.79 Å². The number of nitrogens with two attached hydrogens (primary N) is 1. The van der Waals surface area contributed by atoms with Crippen molar-refractivity contribution in [2.75, 3.05) is 16.8 Å². The van der Waals surface area contributed by atoms with Crippen LogP contribution >= 0.6 is 11.6 Å². The second-order valence-corrected chi connectivity index (χ2v) is 6.40. The molecule has 1 aromatic carbocycles. The van der Waals surface area contributed by atoms with Crippen LogP contribution in [0, 0.1) is 0 Å². The van der Waals surface area contributed by atoms with Gasteiger partial charge in [0.1, 0.15) is 6.04 Å². The van der Waals surface area contributed by atoms with Crippen LogP contribution < -0.4 is 16.0 Å². The highest BCUT2D eigenvalue weighted by Crippen LogP contribution is 2.40. The molecule has 2 aliphatic rings. The van der Waals surface area contributed by atoms with E-state index in [4.69, 9.17) is 17.3 Å². The fourth-order valence-electron chi connectivity index (χ4n) is 3.47. The largest absolute Gasteiger partial charge is 0.367 e. The molecular weight excluding hydrogens is 286 g/mol. The van der Waals surface area contributed by atoms with Crippen molar-refractivity contribution in [1.29, 1.82) is 0 Å². The van der Waals surface area contributed by atoms with Gasteiger partial charge in [-0.2, -0.15) is 0 Å². The summed E-state index contributed by atoms with van der Waals surface area (Å²) >= 11 is 6.48. The van der Waals surface area contributed by atoms with Crippen LogP contribution in [0.15, 0.2) is 12.1 Å². The first-order valence-electron chi connectivity index (χ1n) is 7.78. The molecule has 0 radical (unpaired) electrons. The number of nitrogens with zero attached hydrogens (tertiary/aromatic N) is 1. The second kappa shape index (κ2) is 5.85. The summed E-state index contributed by atoms with van der Waals surface area (Å²) in [6.07, 6.45) is 6.04. The first-order valence-corrected chi connectivity index (χ1v) is 8.16. The lowest BCUT2D eigenvalue weighted by Crippen LogP contribution is -2.39. The molecule has 2 unspecified atom stereocenters. The molecule has 1 saturated heterocycles. The maximum absolute atomic E-state index is 11.7. The number of hydrogen-bond acceptors (Lipinski definition) is 3. The van der Waals surface area contributed by atoms with Gasteiger partial charge in [-0.05, 0) is 37.8 Å². The maximum Gasteiger partial charge on any atom is 0.245 e. The van der Waals surface area contributed by atoms with E-state index >= 15 is 0 Å². The predicted octanol–water partition coefficient (Wildman–Crippen LogP) is 3.45. The quantitative estimate of drug-likeness (QED) is 0.899. The zero-order valence-corrected chi connectivity index (χ0v) is 13.1. The number of fused-ring (bicyclic) bond motifs is 1. The van der Waals surface area contributed by atoms with E-state index in [1.54, 1.807) is 0 Å². The van der Waals surface area contributed by atoms with Crippen LogP contribution in [0.4, 0.5) is 11.4 Å². The molecule has 2 aliphatic heterocycles. The Morgan fingerprint density at radius 2 is 2.24 bits per heavy atom. The summed E-state index contributed by atoms with van der Waals surface area (Å²) in [6, 6.07) is 3.80. The molecule has 0 saturated carbocycles. The first kappa shape index (κ1) is 14.7. The van der Waals surface area contributed by atoms with E-state index in [0.29, 0.717) is 11.1 Å². The number of carbonyl (C=O) groups is 1. The number of nitrogens with one attached hydrogen (secondary N) is 1. The van der Waals surface area contributed by atoms with Crippen molar-refractivity contribution in [2.45, 2.75) is 51.1 Å². The number of carbonyl (C=O) groups excluding carboxylic acids is 1. The van der Waals surface area contributed by atoms with Crippen LogP contribution in [0.3, 0.4) is 0 Å². The molecule has 3 rings (SSSR count). The molecule has 0 spiro atoms. The van der Waals surface area contributed by atoms with Gasteiger partial charge in [0.05, 0.1) is 10.7 Å². The van der Waals surface area contributed by atoms with Gasteiger partial charge in [0.2, 0.25) is 5.91 Å². The summed E-state index contributed by atoms with van der Waals surface area (Å²) in [5.41, 5.74) is 8.52. The van der Waals surface area contributed by atoms with E-state index in [2.05, 4.69) is 17.1 Å².